The maximum atomic E-state index is 12.9. The van der Waals surface area contributed by atoms with Gasteiger partial charge in [-0.05, 0) is 19.2 Å². The molecule has 0 radical (unpaired) electrons. The van der Waals surface area contributed by atoms with Crippen LogP contribution in [0.5, 0.6) is 0 Å². The number of carbonyl (C=O) groups excluding carboxylic acids is 1. The van der Waals surface area contributed by atoms with E-state index < -0.39 is 23.5 Å². The van der Waals surface area contributed by atoms with E-state index in [0.29, 0.717) is 0 Å². The predicted octanol–water partition coefficient (Wildman–Crippen LogP) is 1.31. The Kier molecular flexibility index (Phi) is 5.37. The summed E-state index contributed by atoms with van der Waals surface area (Å²) in [6, 6.07) is 3.04. The first-order chi connectivity index (χ1) is 8.88. The number of carbonyl (C=O) groups is 2. The topological polar surface area (TPSA) is 69.6 Å². The molecule has 2 N–H and O–H groups in total. The van der Waals surface area contributed by atoms with Gasteiger partial charge in [-0.15, -0.1) is 0 Å². The molecule has 1 aromatic rings. The van der Waals surface area contributed by atoms with Crippen LogP contribution in [-0.4, -0.2) is 42.0 Å². The Morgan fingerprint density at radius 2 is 2.00 bits per heavy atom. The van der Waals surface area contributed by atoms with Crippen LogP contribution in [0.1, 0.15) is 6.42 Å². The van der Waals surface area contributed by atoms with Gasteiger partial charge < -0.3 is 10.4 Å². The minimum Gasteiger partial charge on any atom is -0.481 e. The van der Waals surface area contributed by atoms with Crippen molar-refractivity contribution in [1.82, 2.24) is 4.90 Å². The lowest BCUT2D eigenvalue weighted by atomic mass is 10.3. The number of benzene rings is 1. The fraction of sp³-hybridized carbons (Fsp3) is 0.333. The van der Waals surface area contributed by atoms with Crippen LogP contribution < -0.4 is 5.32 Å². The first-order valence-corrected chi connectivity index (χ1v) is 5.53. The van der Waals surface area contributed by atoms with Gasteiger partial charge in [-0.2, -0.15) is 0 Å². The first kappa shape index (κ1) is 15.0. The van der Waals surface area contributed by atoms with E-state index in [2.05, 4.69) is 5.32 Å². The Labute approximate surface area is 108 Å². The molecule has 0 saturated heterocycles. The number of carboxylic acids is 1. The molecule has 104 valence electrons. The monoisotopic (exact) mass is 272 g/mol. The van der Waals surface area contributed by atoms with Crippen molar-refractivity contribution < 1.29 is 23.5 Å². The fourth-order valence-electron chi connectivity index (χ4n) is 1.39. The standard InChI is InChI=1S/C12H14F2N2O3/c1-16(5-4-12(18)19)7-11(17)15-8-2-3-9(13)10(14)6-8/h2-3,6H,4-5,7H2,1H3,(H,15,17)(H,18,19). The molecule has 0 heterocycles. The summed E-state index contributed by atoms with van der Waals surface area (Å²) in [5.41, 5.74) is 0.149. The SMILES string of the molecule is CN(CCC(=O)O)CC(=O)Nc1ccc(F)c(F)c1. The normalized spacial score (nSPS) is 10.5. The molecule has 1 aromatic carbocycles. The van der Waals surface area contributed by atoms with Crippen LogP contribution in [0.15, 0.2) is 18.2 Å². The molecule has 1 amide bonds. The number of hydrogen-bond acceptors (Lipinski definition) is 3. The van der Waals surface area contributed by atoms with E-state index >= 15 is 0 Å². The predicted molar refractivity (Wildman–Crippen MR) is 64.7 cm³/mol. The number of nitrogens with one attached hydrogen (secondary N) is 1. The maximum Gasteiger partial charge on any atom is 0.304 e. The second-order valence-electron chi connectivity index (χ2n) is 4.06. The minimum atomic E-state index is -1.04. The van der Waals surface area contributed by atoms with Crippen molar-refractivity contribution in [3.8, 4) is 0 Å². The van der Waals surface area contributed by atoms with E-state index in [-0.39, 0.29) is 25.2 Å². The van der Waals surface area contributed by atoms with Crippen LogP contribution in [-0.2, 0) is 9.59 Å². The third kappa shape index (κ3) is 5.43. The molecule has 0 aliphatic rings. The molecular weight excluding hydrogens is 258 g/mol. The van der Waals surface area contributed by atoms with Crippen molar-refractivity contribution in [3.63, 3.8) is 0 Å². The number of rotatable bonds is 6. The van der Waals surface area contributed by atoms with Gasteiger partial charge in [0.05, 0.1) is 13.0 Å². The summed E-state index contributed by atoms with van der Waals surface area (Å²) in [5.74, 6) is -3.42. The molecule has 19 heavy (non-hydrogen) atoms. The quantitative estimate of drug-likeness (QED) is 0.819. The number of carboxylic acid groups (broad SMARTS) is 1. The van der Waals surface area contributed by atoms with Crippen molar-refractivity contribution in [2.45, 2.75) is 6.42 Å². The van der Waals surface area contributed by atoms with Crippen LogP contribution in [0.2, 0.25) is 0 Å². The van der Waals surface area contributed by atoms with Gasteiger partial charge in [-0.1, -0.05) is 0 Å². The van der Waals surface area contributed by atoms with Crippen LogP contribution in [0.3, 0.4) is 0 Å². The number of hydrogen-bond donors (Lipinski definition) is 2. The molecule has 0 bridgehead atoms. The molecule has 0 aliphatic heterocycles. The Balaban J connectivity index is 2.46. The van der Waals surface area contributed by atoms with E-state index in [0.717, 1.165) is 12.1 Å². The van der Waals surface area contributed by atoms with E-state index in [1.54, 1.807) is 7.05 Å². The minimum absolute atomic E-state index is 0.0354. The van der Waals surface area contributed by atoms with E-state index in [1.165, 1.54) is 11.0 Å². The number of nitrogens with zero attached hydrogens (tertiary/aromatic N) is 1. The lowest BCUT2D eigenvalue weighted by Gasteiger charge is -2.15. The molecule has 0 spiro atoms. The maximum absolute atomic E-state index is 12.9. The molecule has 1 rings (SSSR count). The summed E-state index contributed by atoms with van der Waals surface area (Å²) in [7, 11) is 1.59. The molecule has 0 saturated carbocycles. The highest BCUT2D eigenvalue weighted by atomic mass is 19.2. The zero-order valence-electron chi connectivity index (χ0n) is 10.3. The molecule has 0 atom stereocenters. The lowest BCUT2D eigenvalue weighted by molar-refractivity contribution is -0.137. The molecule has 7 heteroatoms. The summed E-state index contributed by atoms with van der Waals surface area (Å²) in [6.45, 7) is 0.187. The average molecular weight is 272 g/mol. The molecule has 0 fully saturated rings. The zero-order valence-corrected chi connectivity index (χ0v) is 10.3. The highest BCUT2D eigenvalue weighted by Crippen LogP contribution is 2.12. The third-order valence-electron chi connectivity index (χ3n) is 2.32. The Hall–Kier alpha value is -2.02. The highest BCUT2D eigenvalue weighted by molar-refractivity contribution is 5.92. The van der Waals surface area contributed by atoms with Gasteiger partial charge >= 0.3 is 5.97 Å². The molecule has 0 aromatic heterocycles. The van der Waals surface area contributed by atoms with Gasteiger partial charge in [0, 0.05) is 18.3 Å². The molecule has 5 nitrogen and oxygen atoms in total. The largest absolute Gasteiger partial charge is 0.481 e. The summed E-state index contributed by atoms with van der Waals surface area (Å²) in [4.78, 5) is 23.4. The molecular formula is C12H14F2N2O3. The van der Waals surface area contributed by atoms with Gasteiger partial charge in [-0.3, -0.25) is 14.5 Å². The van der Waals surface area contributed by atoms with Crippen molar-refractivity contribution in [1.29, 1.82) is 0 Å². The molecule has 0 unspecified atom stereocenters. The van der Waals surface area contributed by atoms with Crippen LogP contribution in [0.25, 0.3) is 0 Å². The van der Waals surface area contributed by atoms with Gasteiger partial charge in [-0.25, -0.2) is 8.78 Å². The van der Waals surface area contributed by atoms with E-state index in [9.17, 15) is 18.4 Å². The van der Waals surface area contributed by atoms with Gasteiger partial charge in [0.25, 0.3) is 0 Å². The fourth-order valence-corrected chi connectivity index (χ4v) is 1.39. The summed E-state index contributed by atoms with van der Waals surface area (Å²) < 4.78 is 25.6. The van der Waals surface area contributed by atoms with Crippen molar-refractivity contribution >= 4 is 17.6 Å². The number of likely N-dealkylation sites (N-methyl/N-ethyl adjacent to an activating group) is 1. The lowest BCUT2D eigenvalue weighted by Crippen LogP contribution is -2.31. The Morgan fingerprint density at radius 1 is 1.32 bits per heavy atom. The average Bonchev–Trinajstić information content (AvgIpc) is 2.31. The van der Waals surface area contributed by atoms with E-state index in [1.807, 2.05) is 0 Å². The zero-order chi connectivity index (χ0) is 14.4. The number of anilines is 1. The van der Waals surface area contributed by atoms with Gasteiger partial charge in [0.15, 0.2) is 11.6 Å². The second-order valence-corrected chi connectivity index (χ2v) is 4.06. The smallest absolute Gasteiger partial charge is 0.304 e. The van der Waals surface area contributed by atoms with Crippen molar-refractivity contribution in [2.75, 3.05) is 25.5 Å². The van der Waals surface area contributed by atoms with Crippen molar-refractivity contribution in [3.05, 3.63) is 29.8 Å². The summed E-state index contributed by atoms with van der Waals surface area (Å²) in [6.07, 6.45) is -0.0744. The Morgan fingerprint density at radius 3 is 2.58 bits per heavy atom. The van der Waals surface area contributed by atoms with Crippen molar-refractivity contribution in [2.24, 2.45) is 0 Å². The summed E-state index contributed by atoms with van der Waals surface area (Å²) in [5, 5.41) is 10.9. The van der Waals surface area contributed by atoms with Gasteiger partial charge in [0.2, 0.25) is 5.91 Å². The van der Waals surface area contributed by atoms with E-state index in [4.69, 9.17) is 5.11 Å². The van der Waals surface area contributed by atoms with Crippen LogP contribution in [0.4, 0.5) is 14.5 Å². The number of amides is 1. The Bertz CT molecular complexity index is 480. The van der Waals surface area contributed by atoms with Gasteiger partial charge in [0.1, 0.15) is 0 Å². The second kappa shape index (κ2) is 6.79. The van der Waals surface area contributed by atoms with Crippen LogP contribution >= 0.6 is 0 Å². The molecule has 0 aliphatic carbocycles. The third-order valence-corrected chi connectivity index (χ3v) is 2.32. The number of halogens is 2. The first-order valence-electron chi connectivity index (χ1n) is 5.53. The summed E-state index contributed by atoms with van der Waals surface area (Å²) >= 11 is 0. The number of aliphatic carboxylic acids is 1. The van der Waals surface area contributed by atoms with Crippen LogP contribution in [0, 0.1) is 11.6 Å². The highest BCUT2D eigenvalue weighted by Gasteiger charge is 2.09.